The molecule has 0 N–H and O–H groups in total. The summed E-state index contributed by atoms with van der Waals surface area (Å²) in [6.45, 7) is 12.5. The standard InChI is InChI=1S/C27H43BrN2O2/c1-5-30(21(4)31)25-8-6-22(7-9-25)12-15-29-16-13-23(14-17-29)18-24-19-26(32-20(2)3)10-11-27(24)28/h10-11,19-20,22-23,25H,5-9,12-18H2,1-4H3. The smallest absolute Gasteiger partial charge is 0.219 e. The van der Waals surface area contributed by atoms with Gasteiger partial charge in [0.2, 0.25) is 5.91 Å². The number of likely N-dealkylation sites (tertiary alicyclic amines) is 1. The van der Waals surface area contributed by atoms with Crippen LogP contribution in [-0.4, -0.2) is 54.0 Å². The van der Waals surface area contributed by atoms with E-state index in [0.717, 1.165) is 30.6 Å². The molecule has 1 saturated carbocycles. The predicted molar refractivity (Wildman–Crippen MR) is 136 cm³/mol. The van der Waals surface area contributed by atoms with Crippen LogP contribution in [0, 0.1) is 11.8 Å². The fourth-order valence-corrected chi connectivity index (χ4v) is 6.04. The lowest BCUT2D eigenvalue weighted by Crippen LogP contribution is -2.41. The Hall–Kier alpha value is -1.07. The van der Waals surface area contributed by atoms with Gasteiger partial charge in [-0.05, 0) is 127 Å². The lowest BCUT2D eigenvalue weighted by Gasteiger charge is -2.37. The van der Waals surface area contributed by atoms with Gasteiger partial charge in [-0.1, -0.05) is 15.9 Å². The molecule has 2 aliphatic rings. The number of amides is 1. The van der Waals surface area contributed by atoms with Crippen LogP contribution in [-0.2, 0) is 11.2 Å². The maximum absolute atomic E-state index is 11.8. The van der Waals surface area contributed by atoms with Gasteiger partial charge in [-0.25, -0.2) is 0 Å². The van der Waals surface area contributed by atoms with Crippen molar-refractivity contribution in [2.75, 3.05) is 26.2 Å². The third-order valence-electron chi connectivity index (χ3n) is 7.46. The van der Waals surface area contributed by atoms with Crippen LogP contribution in [0.15, 0.2) is 22.7 Å². The van der Waals surface area contributed by atoms with Gasteiger partial charge in [-0.2, -0.15) is 0 Å². The summed E-state index contributed by atoms with van der Waals surface area (Å²) in [7, 11) is 0. The van der Waals surface area contributed by atoms with E-state index in [9.17, 15) is 4.79 Å². The van der Waals surface area contributed by atoms with Crippen molar-refractivity contribution in [2.24, 2.45) is 11.8 Å². The van der Waals surface area contributed by atoms with Crippen LogP contribution in [0.5, 0.6) is 5.75 Å². The first-order valence-electron chi connectivity index (χ1n) is 12.8. The first-order valence-corrected chi connectivity index (χ1v) is 13.6. The van der Waals surface area contributed by atoms with Crippen molar-refractivity contribution in [2.45, 2.75) is 91.2 Å². The van der Waals surface area contributed by atoms with Gasteiger partial charge in [0, 0.05) is 24.0 Å². The highest BCUT2D eigenvalue weighted by Crippen LogP contribution is 2.32. The zero-order chi connectivity index (χ0) is 23.1. The molecule has 1 aromatic rings. The summed E-state index contributed by atoms with van der Waals surface area (Å²) in [4.78, 5) is 16.6. The summed E-state index contributed by atoms with van der Waals surface area (Å²) >= 11 is 3.74. The van der Waals surface area contributed by atoms with Crippen LogP contribution < -0.4 is 4.74 Å². The van der Waals surface area contributed by atoms with Crippen LogP contribution in [0.25, 0.3) is 0 Å². The third kappa shape index (κ3) is 7.48. The highest BCUT2D eigenvalue weighted by atomic mass is 79.9. The molecule has 1 aliphatic carbocycles. The molecular weight excluding hydrogens is 464 g/mol. The van der Waals surface area contributed by atoms with Crippen molar-refractivity contribution >= 4 is 21.8 Å². The molecule has 0 spiro atoms. The average molecular weight is 508 g/mol. The van der Waals surface area contributed by atoms with Gasteiger partial charge in [-0.15, -0.1) is 0 Å². The second kappa shape index (κ2) is 12.4. The average Bonchev–Trinajstić information content (AvgIpc) is 2.76. The van der Waals surface area contributed by atoms with Gasteiger partial charge < -0.3 is 14.5 Å². The van der Waals surface area contributed by atoms with E-state index in [1.54, 1.807) is 6.92 Å². The van der Waals surface area contributed by atoms with E-state index in [1.165, 1.54) is 74.6 Å². The Balaban J connectivity index is 1.37. The van der Waals surface area contributed by atoms with Gasteiger partial charge >= 0.3 is 0 Å². The fraction of sp³-hybridized carbons (Fsp3) is 0.741. The Labute approximate surface area is 204 Å². The first-order chi connectivity index (χ1) is 15.4. The van der Waals surface area contributed by atoms with E-state index < -0.39 is 0 Å². The molecule has 0 bridgehead atoms. The number of nitrogens with zero attached hydrogens (tertiary/aromatic N) is 2. The summed E-state index contributed by atoms with van der Waals surface area (Å²) < 4.78 is 7.10. The minimum absolute atomic E-state index is 0.210. The van der Waals surface area contributed by atoms with Crippen molar-refractivity contribution in [3.05, 3.63) is 28.2 Å². The molecule has 1 aliphatic heterocycles. The highest BCUT2D eigenvalue weighted by molar-refractivity contribution is 9.10. The number of halogens is 1. The molecule has 0 radical (unpaired) electrons. The Kier molecular flexibility index (Phi) is 9.91. The molecule has 0 aromatic heterocycles. The second-order valence-electron chi connectivity index (χ2n) is 10.2. The maximum atomic E-state index is 11.8. The zero-order valence-electron chi connectivity index (χ0n) is 20.6. The van der Waals surface area contributed by atoms with Crippen molar-refractivity contribution in [1.82, 2.24) is 9.80 Å². The first kappa shape index (κ1) is 25.6. The van der Waals surface area contributed by atoms with Crippen molar-refractivity contribution in [1.29, 1.82) is 0 Å². The molecule has 1 aromatic carbocycles. The number of rotatable bonds is 9. The lowest BCUT2D eigenvalue weighted by atomic mass is 9.83. The molecule has 32 heavy (non-hydrogen) atoms. The van der Waals surface area contributed by atoms with Gasteiger partial charge in [0.1, 0.15) is 5.75 Å². The summed E-state index contributed by atoms with van der Waals surface area (Å²) in [6, 6.07) is 6.89. The van der Waals surface area contributed by atoms with Crippen LogP contribution in [0.4, 0.5) is 0 Å². The quantitative estimate of drug-likeness (QED) is 0.393. The van der Waals surface area contributed by atoms with Crippen molar-refractivity contribution in [3.63, 3.8) is 0 Å². The maximum Gasteiger partial charge on any atom is 0.219 e. The topological polar surface area (TPSA) is 32.8 Å². The molecule has 180 valence electrons. The molecule has 1 saturated heterocycles. The summed E-state index contributed by atoms with van der Waals surface area (Å²) in [5.74, 6) is 2.83. The summed E-state index contributed by atoms with van der Waals surface area (Å²) in [5.41, 5.74) is 1.38. The van der Waals surface area contributed by atoms with Crippen LogP contribution in [0.1, 0.15) is 78.2 Å². The fourth-order valence-electron chi connectivity index (χ4n) is 5.63. The molecule has 2 fully saturated rings. The largest absolute Gasteiger partial charge is 0.491 e. The van der Waals surface area contributed by atoms with E-state index >= 15 is 0 Å². The Bertz CT molecular complexity index is 722. The number of piperidine rings is 1. The molecule has 0 atom stereocenters. The molecule has 3 rings (SSSR count). The number of carbonyl (C=O) groups is 1. The lowest BCUT2D eigenvalue weighted by molar-refractivity contribution is -0.131. The number of ether oxygens (including phenoxy) is 1. The minimum Gasteiger partial charge on any atom is -0.491 e. The molecular formula is C27H43BrN2O2. The SMILES string of the molecule is CCN(C(C)=O)C1CCC(CCN2CCC(Cc3cc(OC(C)C)ccc3Br)CC2)CC1. The molecule has 0 unspecified atom stereocenters. The van der Waals surface area contributed by atoms with Gasteiger partial charge in [-0.3, -0.25) is 4.79 Å². The second-order valence-corrected chi connectivity index (χ2v) is 11.0. The van der Waals surface area contributed by atoms with Gasteiger partial charge in [0.05, 0.1) is 6.10 Å². The molecule has 1 amide bonds. The van der Waals surface area contributed by atoms with Crippen LogP contribution >= 0.6 is 15.9 Å². The van der Waals surface area contributed by atoms with E-state index in [4.69, 9.17) is 4.74 Å². The van der Waals surface area contributed by atoms with Crippen molar-refractivity contribution < 1.29 is 9.53 Å². The third-order valence-corrected chi connectivity index (χ3v) is 8.23. The normalized spacial score (nSPS) is 22.8. The van der Waals surface area contributed by atoms with E-state index in [2.05, 4.69) is 64.7 Å². The van der Waals surface area contributed by atoms with E-state index in [1.807, 2.05) is 0 Å². The molecule has 5 heteroatoms. The summed E-state index contributed by atoms with van der Waals surface area (Å²) in [5, 5.41) is 0. The monoisotopic (exact) mass is 506 g/mol. The van der Waals surface area contributed by atoms with Gasteiger partial charge in [0.25, 0.3) is 0 Å². The number of hydrogen-bond donors (Lipinski definition) is 0. The summed E-state index contributed by atoms with van der Waals surface area (Å²) in [6.07, 6.45) is 10.2. The highest BCUT2D eigenvalue weighted by Gasteiger charge is 2.27. The predicted octanol–water partition coefficient (Wildman–Crippen LogP) is 6.31. The van der Waals surface area contributed by atoms with Crippen LogP contribution in [0.3, 0.4) is 0 Å². The van der Waals surface area contributed by atoms with Crippen LogP contribution in [0.2, 0.25) is 0 Å². The Morgan fingerprint density at radius 2 is 1.81 bits per heavy atom. The Morgan fingerprint density at radius 1 is 1.12 bits per heavy atom. The number of benzene rings is 1. The Morgan fingerprint density at radius 3 is 2.41 bits per heavy atom. The van der Waals surface area contributed by atoms with Crippen molar-refractivity contribution in [3.8, 4) is 5.75 Å². The number of hydrogen-bond acceptors (Lipinski definition) is 3. The zero-order valence-corrected chi connectivity index (χ0v) is 22.2. The van der Waals surface area contributed by atoms with E-state index in [-0.39, 0.29) is 12.0 Å². The molecule has 4 nitrogen and oxygen atoms in total. The molecule has 1 heterocycles. The van der Waals surface area contributed by atoms with E-state index in [0.29, 0.717) is 6.04 Å². The van der Waals surface area contributed by atoms with Gasteiger partial charge in [0.15, 0.2) is 0 Å². The minimum atomic E-state index is 0.210. The number of carbonyl (C=O) groups excluding carboxylic acids is 1.